The third-order valence-corrected chi connectivity index (χ3v) is 4.27. The van der Waals surface area contributed by atoms with Gasteiger partial charge in [-0.3, -0.25) is 4.90 Å². The normalized spacial score (nSPS) is 27.9. The van der Waals surface area contributed by atoms with Gasteiger partial charge in [0.05, 0.1) is 6.04 Å². The second-order valence-corrected chi connectivity index (χ2v) is 5.54. The number of nitrogens with zero attached hydrogens (tertiary/aromatic N) is 2. The van der Waals surface area contributed by atoms with E-state index in [1.54, 1.807) is 11.3 Å². The topological polar surface area (TPSA) is 28.2 Å². The van der Waals surface area contributed by atoms with Gasteiger partial charge in [-0.05, 0) is 45.9 Å². The van der Waals surface area contributed by atoms with Gasteiger partial charge in [0, 0.05) is 11.6 Å². The number of hydrogen-bond donors (Lipinski definition) is 1. The standard InChI is InChI=1S/C12H21N3S/c1-13-9-10-5-3-4-7-15(2)11(10)12-14-6-8-16-12/h6,8,10-11,13H,3-5,7,9H2,1-2H3. The summed E-state index contributed by atoms with van der Waals surface area (Å²) in [4.78, 5) is 6.99. The summed E-state index contributed by atoms with van der Waals surface area (Å²) in [7, 11) is 4.28. The van der Waals surface area contributed by atoms with Crippen LogP contribution in [0, 0.1) is 5.92 Å². The van der Waals surface area contributed by atoms with Crippen LogP contribution in [-0.4, -0.2) is 37.1 Å². The van der Waals surface area contributed by atoms with Crippen LogP contribution >= 0.6 is 11.3 Å². The van der Waals surface area contributed by atoms with Crippen molar-refractivity contribution in [2.75, 3.05) is 27.2 Å². The van der Waals surface area contributed by atoms with Gasteiger partial charge in [-0.1, -0.05) is 6.42 Å². The van der Waals surface area contributed by atoms with Gasteiger partial charge in [-0.25, -0.2) is 4.98 Å². The molecule has 1 saturated heterocycles. The van der Waals surface area contributed by atoms with E-state index >= 15 is 0 Å². The minimum Gasteiger partial charge on any atom is -0.319 e. The van der Waals surface area contributed by atoms with Crippen molar-refractivity contribution in [2.24, 2.45) is 5.92 Å². The SMILES string of the molecule is CNCC1CCCCN(C)C1c1nccs1. The number of rotatable bonds is 3. The number of thiazole rings is 1. The third-order valence-electron chi connectivity index (χ3n) is 3.43. The summed E-state index contributed by atoms with van der Waals surface area (Å²) in [5, 5.41) is 6.70. The summed E-state index contributed by atoms with van der Waals surface area (Å²) in [6.45, 7) is 2.29. The molecule has 2 rings (SSSR count). The molecule has 1 aliphatic heterocycles. The molecule has 4 heteroatoms. The molecule has 0 saturated carbocycles. The van der Waals surface area contributed by atoms with Gasteiger partial charge in [-0.2, -0.15) is 0 Å². The van der Waals surface area contributed by atoms with Crippen molar-refractivity contribution >= 4 is 11.3 Å². The lowest BCUT2D eigenvalue weighted by atomic mass is 9.95. The highest BCUT2D eigenvalue weighted by Crippen LogP contribution is 2.34. The minimum atomic E-state index is 0.509. The highest BCUT2D eigenvalue weighted by Gasteiger charge is 2.30. The summed E-state index contributed by atoms with van der Waals surface area (Å²) in [6.07, 6.45) is 5.90. The van der Waals surface area contributed by atoms with Crippen molar-refractivity contribution in [3.63, 3.8) is 0 Å². The Kier molecular flexibility index (Phi) is 4.32. The van der Waals surface area contributed by atoms with Crippen LogP contribution in [0.3, 0.4) is 0 Å². The van der Waals surface area contributed by atoms with E-state index in [0.29, 0.717) is 12.0 Å². The van der Waals surface area contributed by atoms with Crippen LogP contribution in [0.2, 0.25) is 0 Å². The van der Waals surface area contributed by atoms with Gasteiger partial charge in [0.2, 0.25) is 0 Å². The molecular weight excluding hydrogens is 218 g/mol. The molecule has 0 spiro atoms. The van der Waals surface area contributed by atoms with E-state index in [9.17, 15) is 0 Å². The van der Waals surface area contributed by atoms with Crippen LogP contribution in [0.1, 0.15) is 30.3 Å². The first-order valence-electron chi connectivity index (χ1n) is 6.07. The molecule has 3 nitrogen and oxygen atoms in total. The molecule has 1 aromatic rings. The van der Waals surface area contributed by atoms with E-state index in [2.05, 4.69) is 27.6 Å². The second kappa shape index (κ2) is 5.75. The average Bonchev–Trinajstić information content (AvgIpc) is 2.72. The van der Waals surface area contributed by atoms with Crippen LogP contribution in [0.25, 0.3) is 0 Å². The number of hydrogen-bond acceptors (Lipinski definition) is 4. The van der Waals surface area contributed by atoms with E-state index in [-0.39, 0.29) is 0 Å². The molecule has 0 amide bonds. The highest BCUT2D eigenvalue weighted by molar-refractivity contribution is 7.09. The lowest BCUT2D eigenvalue weighted by molar-refractivity contribution is 0.190. The van der Waals surface area contributed by atoms with Crippen molar-refractivity contribution < 1.29 is 0 Å². The Bertz CT molecular complexity index is 299. The Hall–Kier alpha value is -0.450. The molecule has 1 aliphatic rings. The second-order valence-electron chi connectivity index (χ2n) is 4.61. The van der Waals surface area contributed by atoms with Crippen molar-refractivity contribution in [3.8, 4) is 0 Å². The number of likely N-dealkylation sites (tertiary alicyclic amines) is 1. The molecule has 1 N–H and O–H groups in total. The molecule has 90 valence electrons. The maximum atomic E-state index is 4.51. The Balaban J connectivity index is 2.19. The zero-order valence-corrected chi connectivity index (χ0v) is 11.0. The van der Waals surface area contributed by atoms with E-state index in [0.717, 1.165) is 6.54 Å². The van der Waals surface area contributed by atoms with Gasteiger partial charge in [-0.15, -0.1) is 11.3 Å². The smallest absolute Gasteiger partial charge is 0.110 e. The minimum absolute atomic E-state index is 0.509. The van der Waals surface area contributed by atoms with Crippen molar-refractivity contribution in [2.45, 2.75) is 25.3 Å². The van der Waals surface area contributed by atoms with Crippen LogP contribution < -0.4 is 5.32 Å². The largest absolute Gasteiger partial charge is 0.319 e. The average molecular weight is 239 g/mol. The maximum Gasteiger partial charge on any atom is 0.110 e. The van der Waals surface area contributed by atoms with E-state index < -0.39 is 0 Å². The molecule has 0 radical (unpaired) electrons. The van der Waals surface area contributed by atoms with Crippen LogP contribution in [0.4, 0.5) is 0 Å². The quantitative estimate of drug-likeness (QED) is 0.876. The number of nitrogens with one attached hydrogen (secondary N) is 1. The lowest BCUT2D eigenvalue weighted by Gasteiger charge is -2.30. The summed E-state index contributed by atoms with van der Waals surface area (Å²) in [5.74, 6) is 0.698. The highest BCUT2D eigenvalue weighted by atomic mass is 32.1. The zero-order valence-electron chi connectivity index (χ0n) is 10.1. The fourth-order valence-electron chi connectivity index (χ4n) is 2.67. The van der Waals surface area contributed by atoms with Crippen LogP contribution in [0.5, 0.6) is 0 Å². The predicted octanol–water partition coefficient (Wildman–Crippen LogP) is 2.14. The fraction of sp³-hybridized carbons (Fsp3) is 0.750. The van der Waals surface area contributed by atoms with Gasteiger partial charge in [0.25, 0.3) is 0 Å². The molecular formula is C12H21N3S. The third kappa shape index (κ3) is 2.62. The van der Waals surface area contributed by atoms with Crippen molar-refractivity contribution in [1.82, 2.24) is 15.2 Å². The van der Waals surface area contributed by atoms with Crippen molar-refractivity contribution in [3.05, 3.63) is 16.6 Å². The summed E-state index contributed by atoms with van der Waals surface area (Å²) < 4.78 is 0. The Morgan fingerprint density at radius 3 is 3.12 bits per heavy atom. The van der Waals surface area contributed by atoms with Gasteiger partial charge >= 0.3 is 0 Å². The Morgan fingerprint density at radius 2 is 2.44 bits per heavy atom. The van der Waals surface area contributed by atoms with Crippen molar-refractivity contribution in [1.29, 1.82) is 0 Å². The van der Waals surface area contributed by atoms with Crippen LogP contribution in [-0.2, 0) is 0 Å². The molecule has 1 fully saturated rings. The molecule has 16 heavy (non-hydrogen) atoms. The monoisotopic (exact) mass is 239 g/mol. The van der Waals surface area contributed by atoms with E-state index in [1.807, 2.05) is 13.2 Å². The van der Waals surface area contributed by atoms with E-state index in [1.165, 1.54) is 30.8 Å². The molecule has 0 bridgehead atoms. The summed E-state index contributed by atoms with van der Waals surface area (Å²) in [6, 6.07) is 0.509. The molecule has 2 atom stereocenters. The molecule has 0 aromatic carbocycles. The number of aromatic nitrogens is 1. The summed E-state index contributed by atoms with van der Waals surface area (Å²) >= 11 is 1.79. The first-order chi connectivity index (χ1) is 7.83. The van der Waals surface area contributed by atoms with Gasteiger partial charge in [0.1, 0.15) is 5.01 Å². The van der Waals surface area contributed by atoms with Crippen LogP contribution in [0.15, 0.2) is 11.6 Å². The Labute approximate surface area is 102 Å². The first-order valence-corrected chi connectivity index (χ1v) is 6.95. The predicted molar refractivity (Wildman–Crippen MR) is 68.8 cm³/mol. The maximum absolute atomic E-state index is 4.51. The fourth-order valence-corrected chi connectivity index (χ4v) is 3.57. The molecule has 1 aromatic heterocycles. The van der Waals surface area contributed by atoms with Gasteiger partial charge < -0.3 is 5.32 Å². The zero-order chi connectivity index (χ0) is 11.4. The Morgan fingerprint density at radius 1 is 1.56 bits per heavy atom. The molecule has 2 unspecified atom stereocenters. The molecule has 0 aliphatic carbocycles. The van der Waals surface area contributed by atoms with E-state index in [4.69, 9.17) is 0 Å². The molecule has 2 heterocycles. The first kappa shape index (κ1) is 12.0. The summed E-state index contributed by atoms with van der Waals surface area (Å²) in [5.41, 5.74) is 0. The van der Waals surface area contributed by atoms with Gasteiger partial charge in [0.15, 0.2) is 0 Å². The lowest BCUT2D eigenvalue weighted by Crippen LogP contribution is -2.33.